The molecule has 2 aromatic carbocycles. The molecular weight excluding hydrogens is 466 g/mol. The second kappa shape index (κ2) is 12.6. The summed E-state index contributed by atoms with van der Waals surface area (Å²) >= 11 is 0. The molecule has 0 spiro atoms. The SMILES string of the molecule is C=CCN(C(=O)C(CO)NC(=O)OC(C)(C)C)C(C(=O)Nc1ccc(OC)cc1)c1cccc(O)c1. The molecule has 0 radical (unpaired) electrons. The molecule has 0 bridgehead atoms. The summed E-state index contributed by atoms with van der Waals surface area (Å²) in [6, 6.07) is 9.88. The van der Waals surface area contributed by atoms with Gasteiger partial charge in [0.05, 0.1) is 13.7 Å². The van der Waals surface area contributed by atoms with Gasteiger partial charge in [0.25, 0.3) is 5.91 Å². The maximum atomic E-state index is 13.5. The minimum absolute atomic E-state index is 0.0955. The minimum Gasteiger partial charge on any atom is -0.508 e. The first-order chi connectivity index (χ1) is 17.0. The first-order valence-corrected chi connectivity index (χ1v) is 11.2. The number of nitrogens with zero attached hydrogens (tertiary/aromatic N) is 1. The molecule has 3 amide bonds. The third kappa shape index (κ3) is 8.02. The van der Waals surface area contributed by atoms with Crippen LogP contribution < -0.4 is 15.4 Å². The molecule has 0 heterocycles. The van der Waals surface area contributed by atoms with E-state index >= 15 is 0 Å². The number of nitrogens with one attached hydrogen (secondary N) is 2. The summed E-state index contributed by atoms with van der Waals surface area (Å²) in [7, 11) is 1.52. The number of carbonyl (C=O) groups excluding carboxylic acids is 3. The van der Waals surface area contributed by atoms with Crippen LogP contribution in [0.25, 0.3) is 0 Å². The number of phenolic OH excluding ortho intramolecular Hbond substituents is 1. The molecule has 0 fully saturated rings. The largest absolute Gasteiger partial charge is 0.508 e. The van der Waals surface area contributed by atoms with Gasteiger partial charge in [-0.3, -0.25) is 9.59 Å². The van der Waals surface area contributed by atoms with Crippen LogP contribution in [0.2, 0.25) is 0 Å². The number of benzene rings is 2. The number of rotatable bonds is 10. The number of phenols is 1. The molecule has 10 heteroatoms. The number of aliphatic hydroxyl groups is 1. The molecule has 0 saturated carbocycles. The summed E-state index contributed by atoms with van der Waals surface area (Å²) < 4.78 is 10.3. The molecule has 194 valence electrons. The van der Waals surface area contributed by atoms with Gasteiger partial charge in [0.15, 0.2) is 0 Å². The summed E-state index contributed by atoms with van der Waals surface area (Å²) in [5.74, 6) is -0.845. The molecule has 10 nitrogen and oxygen atoms in total. The zero-order valence-corrected chi connectivity index (χ0v) is 20.9. The molecule has 2 unspecified atom stereocenters. The lowest BCUT2D eigenvalue weighted by atomic mass is 10.0. The van der Waals surface area contributed by atoms with E-state index in [1.54, 1.807) is 51.1 Å². The van der Waals surface area contributed by atoms with Gasteiger partial charge in [0.1, 0.15) is 29.2 Å². The van der Waals surface area contributed by atoms with Crippen LogP contribution in [0.5, 0.6) is 11.5 Å². The second-order valence-corrected chi connectivity index (χ2v) is 8.88. The Labute approximate surface area is 210 Å². The fourth-order valence-corrected chi connectivity index (χ4v) is 3.35. The van der Waals surface area contributed by atoms with Crippen LogP contribution in [0.4, 0.5) is 10.5 Å². The predicted octanol–water partition coefficient (Wildman–Crippen LogP) is 2.98. The molecule has 0 aromatic heterocycles. The number of hydrogen-bond acceptors (Lipinski definition) is 7. The van der Waals surface area contributed by atoms with Crippen molar-refractivity contribution in [3.05, 3.63) is 66.7 Å². The van der Waals surface area contributed by atoms with Crippen molar-refractivity contribution >= 4 is 23.6 Å². The van der Waals surface area contributed by atoms with Crippen molar-refractivity contribution in [3.63, 3.8) is 0 Å². The Morgan fingerprint density at radius 3 is 2.33 bits per heavy atom. The van der Waals surface area contributed by atoms with E-state index in [2.05, 4.69) is 17.2 Å². The second-order valence-electron chi connectivity index (χ2n) is 8.88. The highest BCUT2D eigenvalue weighted by atomic mass is 16.6. The highest BCUT2D eigenvalue weighted by Crippen LogP contribution is 2.27. The van der Waals surface area contributed by atoms with E-state index in [9.17, 15) is 24.6 Å². The van der Waals surface area contributed by atoms with Crippen LogP contribution in [-0.2, 0) is 14.3 Å². The molecule has 36 heavy (non-hydrogen) atoms. The first kappa shape index (κ1) is 28.2. The van der Waals surface area contributed by atoms with E-state index in [0.29, 0.717) is 17.0 Å². The molecule has 0 aliphatic rings. The monoisotopic (exact) mass is 499 g/mol. The maximum absolute atomic E-state index is 13.5. The topological polar surface area (TPSA) is 137 Å². The fraction of sp³-hybridized carbons (Fsp3) is 0.346. The Morgan fingerprint density at radius 2 is 1.81 bits per heavy atom. The fourth-order valence-electron chi connectivity index (χ4n) is 3.35. The number of amides is 3. The summed E-state index contributed by atoms with van der Waals surface area (Å²) in [5.41, 5.74) is -0.0660. The zero-order valence-electron chi connectivity index (χ0n) is 20.9. The van der Waals surface area contributed by atoms with Gasteiger partial charge in [-0.1, -0.05) is 18.2 Å². The summed E-state index contributed by atoms with van der Waals surface area (Å²) in [5, 5.41) is 25.0. The van der Waals surface area contributed by atoms with Crippen LogP contribution >= 0.6 is 0 Å². The quantitative estimate of drug-likeness (QED) is 0.369. The molecule has 2 rings (SSSR count). The van der Waals surface area contributed by atoms with Gasteiger partial charge >= 0.3 is 6.09 Å². The van der Waals surface area contributed by atoms with Gasteiger partial charge in [0.2, 0.25) is 5.91 Å². The number of methoxy groups -OCH3 is 1. The molecule has 4 N–H and O–H groups in total. The van der Waals surface area contributed by atoms with Gasteiger partial charge < -0.3 is 35.2 Å². The smallest absolute Gasteiger partial charge is 0.408 e. The van der Waals surface area contributed by atoms with E-state index in [1.165, 1.54) is 31.4 Å². The third-order valence-corrected chi connectivity index (χ3v) is 4.88. The number of aromatic hydroxyl groups is 1. The summed E-state index contributed by atoms with van der Waals surface area (Å²) in [6.07, 6.45) is 0.515. The van der Waals surface area contributed by atoms with Crippen molar-refractivity contribution in [2.45, 2.75) is 38.5 Å². The van der Waals surface area contributed by atoms with Crippen molar-refractivity contribution < 1.29 is 34.1 Å². The average Bonchev–Trinajstić information content (AvgIpc) is 2.81. The Hall–Kier alpha value is -4.05. The number of ether oxygens (including phenoxy) is 2. The summed E-state index contributed by atoms with van der Waals surface area (Å²) in [6.45, 7) is 7.82. The zero-order chi connectivity index (χ0) is 26.9. The Balaban J connectivity index is 2.42. The number of alkyl carbamates (subject to hydrolysis) is 1. The summed E-state index contributed by atoms with van der Waals surface area (Å²) in [4.78, 5) is 40.4. The van der Waals surface area contributed by atoms with Crippen molar-refractivity contribution in [1.29, 1.82) is 0 Å². The highest BCUT2D eigenvalue weighted by molar-refractivity contribution is 5.99. The lowest BCUT2D eigenvalue weighted by Gasteiger charge is -2.33. The van der Waals surface area contributed by atoms with Crippen LogP contribution in [0.3, 0.4) is 0 Å². The first-order valence-electron chi connectivity index (χ1n) is 11.2. The van der Waals surface area contributed by atoms with Crippen molar-refractivity contribution in [2.75, 3.05) is 25.6 Å². The normalized spacial score (nSPS) is 12.6. The standard InChI is InChI=1S/C26H33N3O7/c1-6-14-29(24(33)21(16-30)28-25(34)36-26(2,3)4)22(17-8-7-9-19(31)15-17)23(32)27-18-10-12-20(35-5)13-11-18/h6-13,15,21-22,30-31H,1,14,16H2,2-5H3,(H,27,32)(H,28,34). The Bertz CT molecular complexity index is 1060. The van der Waals surface area contributed by atoms with Gasteiger partial charge in [-0.15, -0.1) is 6.58 Å². The molecule has 0 aliphatic carbocycles. The van der Waals surface area contributed by atoms with Gasteiger partial charge in [-0.25, -0.2) is 4.79 Å². The van der Waals surface area contributed by atoms with E-state index in [4.69, 9.17) is 9.47 Å². The lowest BCUT2D eigenvalue weighted by molar-refractivity contribution is -0.140. The van der Waals surface area contributed by atoms with Crippen LogP contribution in [0.15, 0.2) is 61.2 Å². The average molecular weight is 500 g/mol. The number of hydrogen-bond donors (Lipinski definition) is 4. The van der Waals surface area contributed by atoms with Crippen LogP contribution in [0.1, 0.15) is 32.4 Å². The maximum Gasteiger partial charge on any atom is 0.408 e. The van der Waals surface area contributed by atoms with E-state index in [1.807, 2.05) is 0 Å². The van der Waals surface area contributed by atoms with Crippen LogP contribution in [0, 0.1) is 0 Å². The van der Waals surface area contributed by atoms with Crippen molar-refractivity contribution in [1.82, 2.24) is 10.2 Å². The highest BCUT2D eigenvalue weighted by Gasteiger charge is 2.35. The molecule has 0 saturated heterocycles. The minimum atomic E-state index is -1.40. The molecule has 2 aromatic rings. The van der Waals surface area contributed by atoms with Gasteiger partial charge in [-0.2, -0.15) is 0 Å². The number of carbonyl (C=O) groups is 3. The Kier molecular flexibility index (Phi) is 9.86. The number of aliphatic hydroxyl groups excluding tert-OH is 1. The van der Waals surface area contributed by atoms with Crippen molar-refractivity contribution in [3.8, 4) is 11.5 Å². The van der Waals surface area contributed by atoms with E-state index in [0.717, 1.165) is 4.90 Å². The third-order valence-electron chi connectivity index (χ3n) is 4.88. The number of anilines is 1. The predicted molar refractivity (Wildman–Crippen MR) is 135 cm³/mol. The Morgan fingerprint density at radius 1 is 1.14 bits per heavy atom. The molecule has 0 aliphatic heterocycles. The lowest BCUT2D eigenvalue weighted by Crippen LogP contribution is -2.53. The van der Waals surface area contributed by atoms with Crippen molar-refractivity contribution in [2.24, 2.45) is 0 Å². The van der Waals surface area contributed by atoms with Crippen LogP contribution in [-0.4, -0.2) is 64.9 Å². The van der Waals surface area contributed by atoms with E-state index in [-0.39, 0.29) is 12.3 Å². The molecular formula is C26H33N3O7. The van der Waals surface area contributed by atoms with Gasteiger partial charge in [-0.05, 0) is 62.7 Å². The van der Waals surface area contributed by atoms with E-state index < -0.39 is 42.2 Å². The van der Waals surface area contributed by atoms with Gasteiger partial charge in [0, 0.05) is 12.2 Å². The molecule has 2 atom stereocenters.